The minimum atomic E-state index is -1.10. The van der Waals surface area contributed by atoms with Crippen LogP contribution in [0.15, 0.2) is 0 Å². The molecule has 0 aromatic rings. The van der Waals surface area contributed by atoms with Gasteiger partial charge in [0, 0.05) is 79.6 Å². The highest BCUT2D eigenvalue weighted by Crippen LogP contribution is 2.14. The molecule has 17 nitrogen and oxygen atoms in total. The number of nitrogens with zero attached hydrogens (tertiary/aromatic N) is 5. The van der Waals surface area contributed by atoms with E-state index in [9.17, 15) is 19.2 Å². The SMILES string of the molecule is CC(O)CN1CCNC1=O.CN1C(=O)N(C)C(O)C1O.O=C1NCCN1CCCO.O=C1NCCN1CCO. The first-order valence-corrected chi connectivity index (χ1v) is 12.8. The summed E-state index contributed by atoms with van der Waals surface area (Å²) in [6.45, 7) is 7.79. The van der Waals surface area contributed by atoms with Crippen molar-refractivity contribution in [1.29, 1.82) is 0 Å². The Hall–Kier alpha value is -3.12. The number of hydrogen-bond acceptors (Lipinski definition) is 9. The summed E-state index contributed by atoms with van der Waals surface area (Å²) in [6, 6.07) is -0.515. The van der Waals surface area contributed by atoms with Crippen molar-refractivity contribution in [2.24, 2.45) is 0 Å². The monoisotopic (exact) mass is 564 g/mol. The van der Waals surface area contributed by atoms with E-state index in [4.69, 9.17) is 25.5 Å². The summed E-state index contributed by atoms with van der Waals surface area (Å²) < 4.78 is 0. The van der Waals surface area contributed by atoms with Crippen LogP contribution in [0.25, 0.3) is 0 Å². The molecule has 0 saturated carbocycles. The number of β-amino-alcohol motifs (C(OH)–C–C–N with tert-alkyl or cyclic N) is 2. The van der Waals surface area contributed by atoms with E-state index in [1.165, 1.54) is 14.1 Å². The van der Waals surface area contributed by atoms with Crippen LogP contribution in [0.5, 0.6) is 0 Å². The molecular formula is C22H44N8O9. The third-order valence-electron chi connectivity index (χ3n) is 5.94. The third-order valence-corrected chi connectivity index (χ3v) is 5.94. The van der Waals surface area contributed by atoms with Crippen LogP contribution in [0.1, 0.15) is 13.3 Å². The van der Waals surface area contributed by atoms with Gasteiger partial charge in [-0.3, -0.25) is 9.80 Å². The fourth-order valence-corrected chi connectivity index (χ4v) is 3.71. The van der Waals surface area contributed by atoms with Gasteiger partial charge in [-0.1, -0.05) is 0 Å². The number of urea groups is 4. The molecule has 39 heavy (non-hydrogen) atoms. The lowest BCUT2D eigenvalue weighted by Crippen LogP contribution is -2.34. The molecule has 4 aliphatic rings. The van der Waals surface area contributed by atoms with Crippen molar-refractivity contribution in [2.45, 2.75) is 31.9 Å². The van der Waals surface area contributed by atoms with Crippen LogP contribution in [0.3, 0.4) is 0 Å². The summed E-state index contributed by atoms with van der Waals surface area (Å²) in [5.74, 6) is 0. The molecule has 3 atom stereocenters. The zero-order chi connectivity index (χ0) is 29.5. The number of likely N-dealkylation sites (N-methyl/N-ethyl adjacent to an activating group) is 2. The second-order valence-electron chi connectivity index (χ2n) is 9.10. The van der Waals surface area contributed by atoms with E-state index in [1.54, 1.807) is 21.6 Å². The van der Waals surface area contributed by atoms with Crippen LogP contribution in [-0.4, -0.2) is 179 Å². The quantitative estimate of drug-likeness (QED) is 0.153. The third kappa shape index (κ3) is 11.3. The minimum Gasteiger partial charge on any atom is -0.396 e. The molecule has 4 aliphatic heterocycles. The molecule has 17 heteroatoms. The second-order valence-corrected chi connectivity index (χ2v) is 9.10. The molecule has 0 bridgehead atoms. The van der Waals surface area contributed by atoms with Crippen molar-refractivity contribution in [3.8, 4) is 0 Å². The van der Waals surface area contributed by atoms with Crippen LogP contribution in [-0.2, 0) is 0 Å². The first-order valence-electron chi connectivity index (χ1n) is 12.8. The van der Waals surface area contributed by atoms with Gasteiger partial charge in [0.05, 0.1) is 12.7 Å². The van der Waals surface area contributed by atoms with Crippen LogP contribution in [0, 0.1) is 0 Å². The molecular weight excluding hydrogens is 520 g/mol. The van der Waals surface area contributed by atoms with Gasteiger partial charge in [-0.15, -0.1) is 0 Å². The lowest BCUT2D eigenvalue weighted by atomic mass is 10.4. The standard InChI is InChI=1S/2C6H12N2O2.C5H10N2O3.C5H10N2O2/c1-5(9)4-8-3-2-7-6(8)10;9-5-1-3-8-4-2-7-6(8)10;1-6-3(8)4(9)7(2)5(6)10;8-4-3-7-2-1-6-5(7)9/h5,9H,2-4H2,1H3,(H,7,10);9H,1-5H2,(H,7,10);3-4,8-9H,1-2H3;8H,1-4H2,(H,6,9). The molecule has 4 rings (SSSR count). The summed E-state index contributed by atoms with van der Waals surface area (Å²) >= 11 is 0. The lowest BCUT2D eigenvalue weighted by Gasteiger charge is -2.15. The van der Waals surface area contributed by atoms with Crippen LogP contribution in [0.2, 0.25) is 0 Å². The zero-order valence-electron chi connectivity index (χ0n) is 22.8. The van der Waals surface area contributed by atoms with Crippen LogP contribution in [0.4, 0.5) is 19.2 Å². The number of rotatable bonds is 7. The summed E-state index contributed by atoms with van der Waals surface area (Å²) in [5.41, 5.74) is 0. The van der Waals surface area contributed by atoms with Gasteiger partial charge in [0.1, 0.15) is 0 Å². The van der Waals surface area contributed by atoms with Gasteiger partial charge in [-0.2, -0.15) is 0 Å². The predicted octanol–water partition coefficient (Wildman–Crippen LogP) is -3.59. The number of aliphatic hydroxyl groups is 5. The van der Waals surface area contributed by atoms with Crippen molar-refractivity contribution in [2.75, 3.05) is 86.2 Å². The Labute approximate surface area is 227 Å². The summed E-state index contributed by atoms with van der Waals surface area (Å²) in [4.78, 5) is 50.2. The van der Waals surface area contributed by atoms with E-state index >= 15 is 0 Å². The maximum Gasteiger partial charge on any atom is 0.323 e. The molecule has 0 radical (unpaired) electrons. The Balaban J connectivity index is 0.000000260. The Morgan fingerprint density at radius 2 is 1.15 bits per heavy atom. The number of aliphatic hydroxyl groups excluding tert-OH is 5. The highest BCUT2D eigenvalue weighted by atomic mass is 16.4. The average molecular weight is 565 g/mol. The van der Waals surface area contributed by atoms with Gasteiger partial charge in [0.15, 0.2) is 12.5 Å². The van der Waals surface area contributed by atoms with Gasteiger partial charge < -0.3 is 56.2 Å². The molecule has 4 saturated heterocycles. The first-order chi connectivity index (χ1) is 18.4. The van der Waals surface area contributed by atoms with Gasteiger partial charge in [0.25, 0.3) is 0 Å². The smallest absolute Gasteiger partial charge is 0.323 e. The van der Waals surface area contributed by atoms with Gasteiger partial charge in [-0.25, -0.2) is 19.2 Å². The Kier molecular flexibility index (Phi) is 15.2. The zero-order valence-corrected chi connectivity index (χ0v) is 22.8. The van der Waals surface area contributed by atoms with E-state index in [2.05, 4.69) is 16.0 Å². The summed E-state index contributed by atoms with van der Waals surface area (Å²) in [5, 5.41) is 51.8. The Morgan fingerprint density at radius 1 is 0.744 bits per heavy atom. The minimum absolute atomic E-state index is 0.00606. The van der Waals surface area contributed by atoms with Crippen molar-refractivity contribution < 1.29 is 44.7 Å². The molecule has 3 unspecified atom stereocenters. The molecule has 0 aliphatic carbocycles. The molecule has 226 valence electrons. The Bertz CT molecular complexity index is 775. The molecule has 0 aromatic heterocycles. The Morgan fingerprint density at radius 3 is 1.44 bits per heavy atom. The molecule has 4 fully saturated rings. The van der Waals surface area contributed by atoms with Gasteiger partial charge in [0.2, 0.25) is 0 Å². The highest BCUT2D eigenvalue weighted by Gasteiger charge is 2.39. The fourth-order valence-electron chi connectivity index (χ4n) is 3.71. The summed E-state index contributed by atoms with van der Waals surface area (Å²) in [6.07, 6.45) is -1.95. The van der Waals surface area contributed by atoms with E-state index in [0.29, 0.717) is 45.7 Å². The first kappa shape index (κ1) is 33.9. The van der Waals surface area contributed by atoms with Crippen molar-refractivity contribution in [3.05, 3.63) is 0 Å². The van der Waals surface area contributed by atoms with Crippen molar-refractivity contribution in [3.63, 3.8) is 0 Å². The number of nitrogens with one attached hydrogen (secondary N) is 3. The molecule has 4 heterocycles. The molecule has 0 spiro atoms. The van der Waals surface area contributed by atoms with E-state index in [-0.39, 0.29) is 37.3 Å². The van der Waals surface area contributed by atoms with Crippen LogP contribution >= 0.6 is 0 Å². The predicted molar refractivity (Wildman–Crippen MR) is 138 cm³/mol. The average Bonchev–Trinajstić information content (AvgIpc) is 3.66. The highest BCUT2D eigenvalue weighted by molar-refractivity contribution is 5.77. The maximum absolute atomic E-state index is 10.9. The molecule has 8 N–H and O–H groups in total. The lowest BCUT2D eigenvalue weighted by molar-refractivity contribution is -0.0550. The maximum atomic E-state index is 10.9. The summed E-state index contributed by atoms with van der Waals surface area (Å²) in [7, 11) is 2.86. The van der Waals surface area contributed by atoms with Crippen LogP contribution < -0.4 is 16.0 Å². The number of carbonyl (C=O) groups is 4. The van der Waals surface area contributed by atoms with E-state index in [0.717, 1.165) is 29.4 Å². The molecule has 8 amide bonds. The number of carbonyl (C=O) groups excluding carboxylic acids is 4. The number of hydrogen-bond donors (Lipinski definition) is 8. The normalized spacial score (nSPS) is 22.8. The largest absolute Gasteiger partial charge is 0.396 e. The van der Waals surface area contributed by atoms with Crippen molar-refractivity contribution in [1.82, 2.24) is 40.4 Å². The van der Waals surface area contributed by atoms with Gasteiger partial charge >= 0.3 is 24.1 Å². The van der Waals surface area contributed by atoms with E-state index in [1.807, 2.05) is 0 Å². The van der Waals surface area contributed by atoms with Gasteiger partial charge in [-0.05, 0) is 13.3 Å². The topological polar surface area (TPSA) is 222 Å². The van der Waals surface area contributed by atoms with Crippen molar-refractivity contribution >= 4 is 24.1 Å². The molecule has 0 aromatic carbocycles. The fraction of sp³-hybridized carbons (Fsp3) is 0.818. The second kappa shape index (κ2) is 17.5. The number of amides is 8. The van der Waals surface area contributed by atoms with E-state index < -0.39 is 18.6 Å².